The Hall–Kier alpha value is -1.67. The van der Waals surface area contributed by atoms with Crippen LogP contribution in [-0.4, -0.2) is 23.6 Å². The Kier molecular flexibility index (Phi) is 7.00. The lowest BCUT2D eigenvalue weighted by Crippen LogP contribution is -1.94. The Morgan fingerprint density at radius 1 is 1.64 bits per heavy atom. The molecule has 0 aromatic carbocycles. The first-order valence-corrected chi connectivity index (χ1v) is 4.35. The molecule has 0 unspecified atom stereocenters. The maximum atomic E-state index is 9.96. The third kappa shape index (κ3) is 5.91. The molecular weight excluding hydrogens is 180 g/mol. The van der Waals surface area contributed by atoms with Gasteiger partial charge in [0.1, 0.15) is 0 Å². The number of nitrogens with zero attached hydrogens (tertiary/aromatic N) is 2. The molecule has 0 heterocycles. The van der Waals surface area contributed by atoms with Crippen molar-refractivity contribution >= 4 is 11.7 Å². The molecule has 0 radical (unpaired) electrons. The van der Waals surface area contributed by atoms with Gasteiger partial charge >= 0.3 is 5.97 Å². The molecular formula is C10H14N2O2. The second-order valence-electron chi connectivity index (χ2n) is 2.51. The number of esters is 1. The number of rotatable bonds is 1. The number of methoxy groups -OCH3 is 1. The SMILES string of the molecule is CCC(=O)OC.[N-]=[N+]=C1C=CC=CC1. The zero-order valence-corrected chi connectivity index (χ0v) is 8.43. The van der Waals surface area contributed by atoms with E-state index >= 15 is 0 Å². The fourth-order valence-electron chi connectivity index (χ4n) is 0.721. The maximum absolute atomic E-state index is 9.96. The van der Waals surface area contributed by atoms with Crippen LogP contribution in [0.1, 0.15) is 19.8 Å². The molecule has 76 valence electrons. The molecule has 14 heavy (non-hydrogen) atoms. The minimum Gasteiger partial charge on any atom is -0.469 e. The van der Waals surface area contributed by atoms with E-state index in [0.717, 1.165) is 6.42 Å². The van der Waals surface area contributed by atoms with E-state index in [0.29, 0.717) is 12.1 Å². The van der Waals surface area contributed by atoms with Crippen LogP contribution in [0.2, 0.25) is 0 Å². The molecule has 0 aromatic rings. The number of allylic oxidation sites excluding steroid dienone is 4. The van der Waals surface area contributed by atoms with Crippen LogP contribution < -0.4 is 0 Å². The van der Waals surface area contributed by atoms with Crippen molar-refractivity contribution in [2.24, 2.45) is 0 Å². The molecule has 0 fully saturated rings. The van der Waals surface area contributed by atoms with Crippen LogP contribution in [0.25, 0.3) is 5.53 Å². The summed E-state index contributed by atoms with van der Waals surface area (Å²) >= 11 is 0. The second kappa shape index (κ2) is 7.95. The zero-order valence-electron chi connectivity index (χ0n) is 8.43. The van der Waals surface area contributed by atoms with Gasteiger partial charge in [-0.15, -0.1) is 0 Å². The highest BCUT2D eigenvalue weighted by Gasteiger charge is 1.99. The molecule has 1 aliphatic carbocycles. The quantitative estimate of drug-likeness (QED) is 0.362. The van der Waals surface area contributed by atoms with E-state index < -0.39 is 0 Å². The number of carbonyl (C=O) groups excluding carboxylic acids is 1. The Labute approximate surface area is 83.5 Å². The van der Waals surface area contributed by atoms with Crippen molar-refractivity contribution in [3.8, 4) is 0 Å². The topological polar surface area (TPSA) is 62.7 Å². The summed E-state index contributed by atoms with van der Waals surface area (Å²) in [5, 5.41) is 0. The molecule has 4 nitrogen and oxygen atoms in total. The molecule has 0 saturated carbocycles. The summed E-state index contributed by atoms with van der Waals surface area (Å²) in [5.74, 6) is -0.157. The van der Waals surface area contributed by atoms with Crippen molar-refractivity contribution in [2.45, 2.75) is 19.8 Å². The van der Waals surface area contributed by atoms with Gasteiger partial charge in [-0.3, -0.25) is 4.79 Å². The smallest absolute Gasteiger partial charge is 0.305 e. The lowest BCUT2D eigenvalue weighted by Gasteiger charge is -1.87. The van der Waals surface area contributed by atoms with Crippen LogP contribution in [-0.2, 0) is 9.53 Å². The van der Waals surface area contributed by atoms with Gasteiger partial charge in [0, 0.05) is 12.5 Å². The van der Waals surface area contributed by atoms with Crippen molar-refractivity contribution in [1.82, 2.24) is 0 Å². The van der Waals surface area contributed by atoms with Gasteiger partial charge in [0.25, 0.3) is 5.71 Å². The van der Waals surface area contributed by atoms with Crippen LogP contribution in [0.4, 0.5) is 0 Å². The van der Waals surface area contributed by atoms with Gasteiger partial charge in [0.15, 0.2) is 0 Å². The van der Waals surface area contributed by atoms with Crippen molar-refractivity contribution < 1.29 is 14.3 Å². The highest BCUT2D eigenvalue weighted by atomic mass is 16.5. The third-order valence-corrected chi connectivity index (χ3v) is 1.51. The first-order valence-electron chi connectivity index (χ1n) is 4.35. The predicted octanol–water partition coefficient (Wildman–Crippen LogP) is 1.74. The molecule has 4 heteroatoms. The van der Waals surface area contributed by atoms with E-state index in [1.807, 2.05) is 18.2 Å². The normalized spacial score (nSPS) is 12.6. The summed E-state index contributed by atoms with van der Waals surface area (Å²) in [6.45, 7) is 1.76. The molecule has 0 N–H and O–H groups in total. The van der Waals surface area contributed by atoms with E-state index in [-0.39, 0.29) is 5.97 Å². The molecule has 0 bridgehead atoms. The summed E-state index contributed by atoms with van der Waals surface area (Å²) in [6.07, 6.45) is 8.70. The van der Waals surface area contributed by atoms with E-state index in [4.69, 9.17) is 5.53 Å². The molecule has 0 amide bonds. The summed E-state index contributed by atoms with van der Waals surface area (Å²) in [7, 11) is 1.38. The van der Waals surface area contributed by atoms with Gasteiger partial charge in [-0.25, -0.2) is 0 Å². The van der Waals surface area contributed by atoms with Crippen molar-refractivity contribution in [1.29, 1.82) is 0 Å². The van der Waals surface area contributed by atoms with Gasteiger partial charge in [-0.05, 0) is 0 Å². The summed E-state index contributed by atoms with van der Waals surface area (Å²) in [4.78, 5) is 13.0. The standard InChI is InChI=1S/C6H6N2.C4H8O2/c7-8-6-4-2-1-3-5-6;1-3-4(5)6-2/h1-4H,5H2;3H2,1-2H3. The monoisotopic (exact) mass is 194 g/mol. The number of carbonyl (C=O) groups is 1. The summed E-state index contributed by atoms with van der Waals surface area (Å²) < 4.78 is 4.26. The van der Waals surface area contributed by atoms with Gasteiger partial charge in [0.2, 0.25) is 0 Å². The Balaban J connectivity index is 0.000000255. The highest BCUT2D eigenvalue weighted by molar-refractivity contribution is 5.92. The molecule has 1 rings (SSSR count). The minimum absolute atomic E-state index is 0.157. The van der Waals surface area contributed by atoms with E-state index in [9.17, 15) is 4.79 Å². The minimum atomic E-state index is -0.157. The first kappa shape index (κ1) is 12.3. The molecule has 0 aromatic heterocycles. The molecule has 1 aliphatic rings. The average Bonchev–Trinajstić information content (AvgIpc) is 2.30. The Morgan fingerprint density at radius 3 is 2.57 bits per heavy atom. The summed E-state index contributed by atoms with van der Waals surface area (Å²) in [6, 6.07) is 0. The maximum Gasteiger partial charge on any atom is 0.305 e. The van der Waals surface area contributed by atoms with Gasteiger partial charge in [0.05, 0.1) is 13.5 Å². The molecule has 0 atom stereocenters. The van der Waals surface area contributed by atoms with Gasteiger partial charge in [-0.2, -0.15) is 4.79 Å². The largest absolute Gasteiger partial charge is 0.469 e. The van der Waals surface area contributed by atoms with Crippen LogP contribution in [0.5, 0.6) is 0 Å². The van der Waals surface area contributed by atoms with Crippen molar-refractivity contribution in [3.05, 3.63) is 29.8 Å². The van der Waals surface area contributed by atoms with Crippen LogP contribution in [0, 0.1) is 0 Å². The lowest BCUT2D eigenvalue weighted by molar-refractivity contribution is -0.140. The summed E-state index contributed by atoms with van der Waals surface area (Å²) in [5.41, 5.74) is 8.91. The Bertz CT molecular complexity index is 280. The lowest BCUT2D eigenvalue weighted by atomic mass is 10.2. The fourth-order valence-corrected chi connectivity index (χ4v) is 0.721. The van der Waals surface area contributed by atoms with Crippen LogP contribution >= 0.6 is 0 Å². The second-order valence-corrected chi connectivity index (χ2v) is 2.51. The molecule has 0 saturated heterocycles. The van der Waals surface area contributed by atoms with Gasteiger partial charge in [-0.1, -0.05) is 25.2 Å². The van der Waals surface area contributed by atoms with Crippen molar-refractivity contribution in [2.75, 3.05) is 7.11 Å². The fraction of sp³-hybridized carbons (Fsp3) is 0.400. The third-order valence-electron chi connectivity index (χ3n) is 1.51. The number of hydrogen-bond acceptors (Lipinski definition) is 2. The van der Waals surface area contributed by atoms with E-state index in [1.165, 1.54) is 7.11 Å². The zero-order chi connectivity index (χ0) is 10.8. The Morgan fingerprint density at radius 2 is 2.36 bits per heavy atom. The van der Waals surface area contributed by atoms with E-state index in [2.05, 4.69) is 9.53 Å². The first-order chi connectivity index (χ1) is 6.74. The predicted molar refractivity (Wildman–Crippen MR) is 53.8 cm³/mol. The van der Waals surface area contributed by atoms with Crippen molar-refractivity contribution in [3.63, 3.8) is 0 Å². The molecule has 0 spiro atoms. The number of ether oxygens (including phenoxy) is 1. The van der Waals surface area contributed by atoms with Gasteiger partial charge < -0.3 is 10.3 Å². The number of hydrogen-bond donors (Lipinski definition) is 0. The average molecular weight is 194 g/mol. The van der Waals surface area contributed by atoms with Crippen LogP contribution in [0.15, 0.2) is 24.3 Å². The molecule has 0 aliphatic heterocycles. The van der Waals surface area contributed by atoms with E-state index in [1.54, 1.807) is 13.0 Å². The van der Waals surface area contributed by atoms with Crippen LogP contribution in [0.3, 0.4) is 0 Å². The highest BCUT2D eigenvalue weighted by Crippen LogP contribution is 1.94.